The zero-order chi connectivity index (χ0) is 7.84. The maximum absolute atomic E-state index is 11.2. The van der Waals surface area contributed by atoms with Crippen molar-refractivity contribution in [1.82, 2.24) is 10.2 Å². The smallest absolute Gasteiger partial charge is 0.317 e. The average Bonchev–Trinajstić information content (AvgIpc) is 2.64. The molecule has 1 aliphatic heterocycles. The van der Waals surface area contributed by atoms with Crippen molar-refractivity contribution in [3.8, 4) is 0 Å². The number of hydrogen-bond donors (Lipinski definition) is 2. The zero-order valence-electron chi connectivity index (χ0n) is 6.42. The first-order valence-corrected chi connectivity index (χ1v) is 4.07. The fourth-order valence-corrected chi connectivity index (χ4v) is 1.17. The highest BCUT2D eigenvalue weighted by Crippen LogP contribution is 2.19. The molecule has 0 aromatic carbocycles. The Bertz CT molecular complexity index is 173. The van der Waals surface area contributed by atoms with E-state index < -0.39 is 0 Å². The Kier molecular flexibility index (Phi) is 1.49. The Morgan fingerprint density at radius 3 is 2.55 bits per heavy atom. The quantitative estimate of drug-likeness (QED) is 0.536. The fourth-order valence-electron chi connectivity index (χ4n) is 1.17. The second-order valence-corrected chi connectivity index (χ2v) is 3.39. The number of rotatable bonds is 1. The van der Waals surface area contributed by atoms with Gasteiger partial charge in [0.25, 0.3) is 0 Å². The minimum absolute atomic E-state index is 0.0641. The summed E-state index contributed by atoms with van der Waals surface area (Å²) in [5.74, 6) is 0. The van der Waals surface area contributed by atoms with E-state index in [0.29, 0.717) is 6.04 Å². The number of carbonyl (C=O) groups excluding carboxylic acids is 1. The van der Waals surface area contributed by atoms with Gasteiger partial charge in [-0.15, -0.1) is 0 Å². The molecule has 0 spiro atoms. The average molecular weight is 155 g/mol. The van der Waals surface area contributed by atoms with Crippen molar-refractivity contribution >= 4 is 6.03 Å². The van der Waals surface area contributed by atoms with Gasteiger partial charge in [-0.1, -0.05) is 0 Å². The third-order valence-electron chi connectivity index (χ3n) is 2.10. The highest BCUT2D eigenvalue weighted by molar-refractivity contribution is 5.75. The minimum Gasteiger partial charge on any atom is -0.335 e. The number of nitrogens with zero attached hydrogens (tertiary/aromatic N) is 1. The first kappa shape index (κ1) is 6.91. The van der Waals surface area contributed by atoms with Crippen molar-refractivity contribution in [3.63, 3.8) is 0 Å². The molecular formula is C7H13N3O. The van der Waals surface area contributed by atoms with Crippen LogP contribution in [-0.2, 0) is 0 Å². The molecule has 0 radical (unpaired) electrons. The summed E-state index contributed by atoms with van der Waals surface area (Å²) in [4.78, 5) is 12.9. The lowest BCUT2D eigenvalue weighted by atomic mass is 10.1. The van der Waals surface area contributed by atoms with Crippen LogP contribution in [0.4, 0.5) is 4.79 Å². The van der Waals surface area contributed by atoms with Crippen molar-refractivity contribution in [2.24, 2.45) is 5.73 Å². The molecule has 0 aromatic rings. The van der Waals surface area contributed by atoms with Gasteiger partial charge in [0.1, 0.15) is 0 Å². The van der Waals surface area contributed by atoms with Gasteiger partial charge in [0.15, 0.2) is 0 Å². The van der Waals surface area contributed by atoms with Gasteiger partial charge in [0.05, 0.1) is 0 Å². The molecule has 0 aromatic heterocycles. The first-order chi connectivity index (χ1) is 5.25. The van der Waals surface area contributed by atoms with E-state index in [0.717, 1.165) is 25.9 Å². The van der Waals surface area contributed by atoms with E-state index in [-0.39, 0.29) is 12.1 Å². The van der Waals surface area contributed by atoms with E-state index in [1.54, 1.807) is 4.90 Å². The molecule has 1 saturated heterocycles. The lowest BCUT2D eigenvalue weighted by Gasteiger charge is -2.36. The van der Waals surface area contributed by atoms with Crippen LogP contribution in [0.2, 0.25) is 0 Å². The van der Waals surface area contributed by atoms with E-state index in [2.05, 4.69) is 5.32 Å². The van der Waals surface area contributed by atoms with Crippen LogP contribution < -0.4 is 11.1 Å². The largest absolute Gasteiger partial charge is 0.335 e. The Balaban J connectivity index is 1.72. The molecule has 0 bridgehead atoms. The number of hydrogen-bond acceptors (Lipinski definition) is 2. The number of nitrogens with one attached hydrogen (secondary N) is 1. The molecule has 2 amide bonds. The third kappa shape index (κ3) is 1.45. The van der Waals surface area contributed by atoms with E-state index in [4.69, 9.17) is 5.73 Å². The fraction of sp³-hybridized carbons (Fsp3) is 0.857. The second kappa shape index (κ2) is 2.37. The van der Waals surface area contributed by atoms with Gasteiger partial charge in [0.2, 0.25) is 0 Å². The number of amides is 2. The van der Waals surface area contributed by atoms with Crippen molar-refractivity contribution < 1.29 is 4.79 Å². The Hall–Kier alpha value is -0.770. The van der Waals surface area contributed by atoms with Gasteiger partial charge in [-0.2, -0.15) is 0 Å². The number of urea groups is 1. The summed E-state index contributed by atoms with van der Waals surface area (Å²) in [7, 11) is 0. The molecule has 3 N–H and O–H groups in total. The van der Waals surface area contributed by atoms with Crippen LogP contribution in [0.3, 0.4) is 0 Å². The van der Waals surface area contributed by atoms with E-state index in [1.165, 1.54) is 0 Å². The summed E-state index contributed by atoms with van der Waals surface area (Å²) in [5, 5.41) is 2.91. The topological polar surface area (TPSA) is 58.4 Å². The number of likely N-dealkylation sites (tertiary alicyclic amines) is 1. The van der Waals surface area contributed by atoms with Crippen LogP contribution in [0.5, 0.6) is 0 Å². The monoisotopic (exact) mass is 155 g/mol. The van der Waals surface area contributed by atoms with Crippen LogP contribution in [-0.4, -0.2) is 36.1 Å². The van der Waals surface area contributed by atoms with Crippen LogP contribution in [0.15, 0.2) is 0 Å². The van der Waals surface area contributed by atoms with Gasteiger partial charge in [-0.25, -0.2) is 4.79 Å². The summed E-state index contributed by atoms with van der Waals surface area (Å²) in [6, 6.07) is 0.730. The van der Waals surface area contributed by atoms with E-state index in [9.17, 15) is 4.79 Å². The van der Waals surface area contributed by atoms with Crippen LogP contribution in [0.1, 0.15) is 12.8 Å². The molecule has 2 aliphatic rings. The molecule has 0 unspecified atom stereocenters. The summed E-state index contributed by atoms with van der Waals surface area (Å²) in [6.45, 7) is 1.44. The molecule has 0 atom stereocenters. The number of carbonyl (C=O) groups is 1. The van der Waals surface area contributed by atoms with Crippen molar-refractivity contribution in [2.75, 3.05) is 13.1 Å². The predicted molar refractivity (Wildman–Crippen MR) is 41.1 cm³/mol. The van der Waals surface area contributed by atoms with Gasteiger partial charge in [-0.05, 0) is 12.8 Å². The lowest BCUT2D eigenvalue weighted by Crippen LogP contribution is -2.60. The molecule has 1 saturated carbocycles. The highest BCUT2D eigenvalue weighted by atomic mass is 16.2. The summed E-state index contributed by atoms with van der Waals surface area (Å²) in [5.41, 5.74) is 5.53. The first-order valence-electron chi connectivity index (χ1n) is 4.07. The van der Waals surface area contributed by atoms with Crippen LogP contribution >= 0.6 is 0 Å². The lowest BCUT2D eigenvalue weighted by molar-refractivity contribution is 0.152. The normalized spacial score (nSPS) is 24.6. The van der Waals surface area contributed by atoms with Crippen LogP contribution in [0, 0.1) is 0 Å². The van der Waals surface area contributed by atoms with Crippen LogP contribution in [0.25, 0.3) is 0 Å². The standard InChI is InChI=1S/C7H13N3O/c8-5-3-10(4-5)7(11)9-6-1-2-6/h5-6H,1-4,8H2,(H,9,11). The SMILES string of the molecule is NC1CN(C(=O)NC2CC2)C1. The molecule has 4 heteroatoms. The van der Waals surface area contributed by atoms with Gasteiger partial charge < -0.3 is 16.0 Å². The summed E-state index contributed by atoms with van der Waals surface area (Å²) >= 11 is 0. The van der Waals surface area contributed by atoms with Crippen molar-refractivity contribution in [1.29, 1.82) is 0 Å². The maximum atomic E-state index is 11.2. The molecular weight excluding hydrogens is 142 g/mol. The predicted octanol–water partition coefficient (Wildman–Crippen LogP) is -0.499. The third-order valence-corrected chi connectivity index (χ3v) is 2.10. The highest BCUT2D eigenvalue weighted by Gasteiger charge is 2.31. The van der Waals surface area contributed by atoms with Crippen molar-refractivity contribution in [2.45, 2.75) is 24.9 Å². The maximum Gasteiger partial charge on any atom is 0.317 e. The van der Waals surface area contributed by atoms with Crippen molar-refractivity contribution in [3.05, 3.63) is 0 Å². The summed E-state index contributed by atoms with van der Waals surface area (Å²) < 4.78 is 0. The molecule has 2 fully saturated rings. The molecule has 1 heterocycles. The summed E-state index contributed by atoms with van der Waals surface area (Å²) in [6.07, 6.45) is 2.29. The molecule has 1 aliphatic carbocycles. The molecule has 62 valence electrons. The molecule has 2 rings (SSSR count). The number of nitrogens with two attached hydrogens (primary N) is 1. The second-order valence-electron chi connectivity index (χ2n) is 3.39. The molecule has 11 heavy (non-hydrogen) atoms. The van der Waals surface area contributed by atoms with Gasteiger partial charge in [0, 0.05) is 25.2 Å². The Morgan fingerprint density at radius 1 is 1.45 bits per heavy atom. The Morgan fingerprint density at radius 2 is 2.09 bits per heavy atom. The molecule has 4 nitrogen and oxygen atoms in total. The van der Waals surface area contributed by atoms with E-state index >= 15 is 0 Å². The Labute approximate surface area is 65.7 Å². The van der Waals surface area contributed by atoms with Gasteiger partial charge in [-0.3, -0.25) is 0 Å². The van der Waals surface area contributed by atoms with E-state index in [1.807, 2.05) is 0 Å². The van der Waals surface area contributed by atoms with Gasteiger partial charge >= 0.3 is 6.03 Å². The minimum atomic E-state index is 0.0641. The zero-order valence-corrected chi connectivity index (χ0v) is 6.42.